The van der Waals surface area contributed by atoms with Gasteiger partial charge in [0.1, 0.15) is 11.4 Å². The van der Waals surface area contributed by atoms with Gasteiger partial charge in [-0.15, -0.1) is 0 Å². The van der Waals surface area contributed by atoms with E-state index in [2.05, 4.69) is 21.0 Å². The summed E-state index contributed by atoms with van der Waals surface area (Å²) in [6.45, 7) is 2.84. The van der Waals surface area contributed by atoms with Gasteiger partial charge in [-0.25, -0.2) is 4.39 Å². The third-order valence-electron chi connectivity index (χ3n) is 3.51. The molecule has 21 heavy (non-hydrogen) atoms. The molecule has 0 spiro atoms. The number of nitrogens with zero attached hydrogens (tertiary/aromatic N) is 2. The molecule has 0 saturated heterocycles. The lowest BCUT2D eigenvalue weighted by molar-refractivity contribution is 0.0632. The van der Waals surface area contributed by atoms with Crippen molar-refractivity contribution < 1.29 is 14.2 Å². The first kappa shape index (κ1) is 16.1. The van der Waals surface area contributed by atoms with Crippen molar-refractivity contribution in [2.75, 3.05) is 13.7 Å². The van der Waals surface area contributed by atoms with Crippen molar-refractivity contribution in [3.8, 4) is 0 Å². The summed E-state index contributed by atoms with van der Waals surface area (Å²) in [4.78, 5) is 0. The second-order valence-corrected chi connectivity index (χ2v) is 5.64. The van der Waals surface area contributed by atoms with Gasteiger partial charge in [0.25, 0.3) is 0 Å². The number of methoxy groups -OCH3 is 1. The van der Waals surface area contributed by atoms with Crippen LogP contribution in [0.1, 0.15) is 24.6 Å². The van der Waals surface area contributed by atoms with E-state index in [0.29, 0.717) is 35.3 Å². The van der Waals surface area contributed by atoms with E-state index in [1.54, 1.807) is 30.1 Å². The van der Waals surface area contributed by atoms with Crippen molar-refractivity contribution in [3.05, 3.63) is 52.0 Å². The number of aliphatic hydroxyl groups is 1. The highest BCUT2D eigenvalue weighted by Crippen LogP contribution is 2.37. The maximum Gasteiger partial charge on any atom is 0.132 e. The molecule has 114 valence electrons. The van der Waals surface area contributed by atoms with E-state index in [1.165, 1.54) is 12.1 Å². The number of hydrogen-bond acceptors (Lipinski definition) is 3. The third-order valence-corrected chi connectivity index (χ3v) is 4.09. The van der Waals surface area contributed by atoms with Crippen molar-refractivity contribution >= 4 is 15.9 Å². The molecule has 2 aromatic rings. The van der Waals surface area contributed by atoms with Crippen LogP contribution < -0.4 is 0 Å². The van der Waals surface area contributed by atoms with Crippen LogP contribution >= 0.6 is 15.9 Å². The van der Waals surface area contributed by atoms with Gasteiger partial charge in [0.05, 0.1) is 29.5 Å². The Labute approximate surface area is 131 Å². The van der Waals surface area contributed by atoms with Crippen LogP contribution in [-0.4, -0.2) is 28.6 Å². The Hall–Kier alpha value is -1.24. The minimum atomic E-state index is -1.31. The highest BCUT2D eigenvalue weighted by molar-refractivity contribution is 9.10. The van der Waals surface area contributed by atoms with Crippen molar-refractivity contribution in [2.45, 2.75) is 25.5 Å². The van der Waals surface area contributed by atoms with Crippen LogP contribution in [0.2, 0.25) is 0 Å². The van der Waals surface area contributed by atoms with Gasteiger partial charge >= 0.3 is 0 Å². The van der Waals surface area contributed by atoms with Crippen molar-refractivity contribution in [1.29, 1.82) is 0 Å². The van der Waals surface area contributed by atoms with Crippen LogP contribution in [0.4, 0.5) is 4.39 Å². The molecule has 0 aliphatic carbocycles. The minimum Gasteiger partial charge on any atom is -0.383 e. The first-order chi connectivity index (χ1) is 10.0. The molecule has 0 aliphatic heterocycles. The molecule has 1 aromatic carbocycles. The summed E-state index contributed by atoms with van der Waals surface area (Å²) in [5, 5.41) is 15.4. The van der Waals surface area contributed by atoms with Crippen molar-refractivity contribution in [2.24, 2.45) is 0 Å². The summed E-state index contributed by atoms with van der Waals surface area (Å²) in [5.74, 6) is -0.376. The van der Waals surface area contributed by atoms with Crippen LogP contribution in [0, 0.1) is 5.82 Å². The molecule has 6 heteroatoms. The number of aromatic nitrogens is 2. The van der Waals surface area contributed by atoms with E-state index >= 15 is 0 Å². The summed E-state index contributed by atoms with van der Waals surface area (Å²) >= 11 is 3.42. The Morgan fingerprint density at radius 1 is 1.48 bits per heavy atom. The zero-order valence-electron chi connectivity index (χ0n) is 12.0. The molecule has 1 heterocycles. The van der Waals surface area contributed by atoms with Gasteiger partial charge < -0.3 is 9.84 Å². The monoisotopic (exact) mass is 356 g/mol. The maximum absolute atomic E-state index is 13.5. The van der Waals surface area contributed by atoms with E-state index < -0.39 is 5.60 Å². The average molecular weight is 357 g/mol. The Balaban J connectivity index is 2.52. The SMILES string of the molecule is CCC(O)(c1cccc(F)c1)c1c(Br)cnn1CCOC. The number of hydrogen-bond donors (Lipinski definition) is 1. The standard InChI is InChI=1S/C15H18BrFN2O2/c1-3-15(20,11-5-4-6-12(17)9-11)14-13(16)10-18-19(14)7-8-21-2/h4-6,9-10,20H,3,7-8H2,1-2H3. The molecule has 0 aliphatic rings. The van der Waals surface area contributed by atoms with Crippen LogP contribution in [0.3, 0.4) is 0 Å². The normalized spacial score (nSPS) is 14.1. The Morgan fingerprint density at radius 2 is 2.24 bits per heavy atom. The molecule has 0 radical (unpaired) electrons. The topological polar surface area (TPSA) is 47.3 Å². The maximum atomic E-state index is 13.5. The van der Waals surface area contributed by atoms with E-state index in [-0.39, 0.29) is 5.82 Å². The van der Waals surface area contributed by atoms with Crippen molar-refractivity contribution in [1.82, 2.24) is 9.78 Å². The van der Waals surface area contributed by atoms with E-state index in [9.17, 15) is 9.50 Å². The van der Waals surface area contributed by atoms with Gasteiger partial charge in [-0.3, -0.25) is 4.68 Å². The number of benzene rings is 1. The van der Waals surface area contributed by atoms with Crippen molar-refractivity contribution in [3.63, 3.8) is 0 Å². The van der Waals surface area contributed by atoms with Crippen LogP contribution in [0.5, 0.6) is 0 Å². The summed E-state index contributed by atoms with van der Waals surface area (Å²) < 4.78 is 20.9. The lowest BCUT2D eigenvalue weighted by Gasteiger charge is -2.29. The smallest absolute Gasteiger partial charge is 0.132 e. The highest BCUT2D eigenvalue weighted by atomic mass is 79.9. The summed E-state index contributed by atoms with van der Waals surface area (Å²) in [6, 6.07) is 6.02. The lowest BCUT2D eigenvalue weighted by atomic mass is 9.87. The molecule has 1 N–H and O–H groups in total. The summed E-state index contributed by atoms with van der Waals surface area (Å²) in [5.41, 5.74) is -0.205. The summed E-state index contributed by atoms with van der Waals surface area (Å²) in [7, 11) is 1.61. The van der Waals surface area contributed by atoms with Gasteiger partial charge in [0.15, 0.2) is 0 Å². The second-order valence-electron chi connectivity index (χ2n) is 4.78. The van der Waals surface area contributed by atoms with Gasteiger partial charge in [0, 0.05) is 7.11 Å². The average Bonchev–Trinajstić information content (AvgIpc) is 2.85. The van der Waals surface area contributed by atoms with Gasteiger partial charge in [-0.05, 0) is 40.0 Å². The predicted octanol–water partition coefficient (Wildman–Crippen LogP) is 3.08. The van der Waals surface area contributed by atoms with E-state index in [4.69, 9.17) is 4.74 Å². The molecule has 4 nitrogen and oxygen atoms in total. The van der Waals surface area contributed by atoms with E-state index in [1.807, 2.05) is 6.92 Å². The molecular weight excluding hydrogens is 339 g/mol. The zero-order valence-corrected chi connectivity index (χ0v) is 13.6. The Kier molecular flexibility index (Phi) is 5.13. The Bertz CT molecular complexity index is 617. The largest absolute Gasteiger partial charge is 0.383 e. The molecule has 1 unspecified atom stereocenters. The second kappa shape index (κ2) is 6.68. The minimum absolute atomic E-state index is 0.376. The number of ether oxygens (including phenoxy) is 1. The molecule has 0 amide bonds. The molecule has 0 saturated carbocycles. The van der Waals surface area contributed by atoms with Crippen LogP contribution in [0.25, 0.3) is 0 Å². The number of rotatable bonds is 6. The van der Waals surface area contributed by atoms with Gasteiger partial charge in [-0.1, -0.05) is 19.1 Å². The Morgan fingerprint density at radius 3 is 2.86 bits per heavy atom. The lowest BCUT2D eigenvalue weighted by Crippen LogP contribution is -2.31. The fraction of sp³-hybridized carbons (Fsp3) is 0.400. The number of halogens is 2. The summed E-state index contributed by atoms with van der Waals surface area (Å²) in [6.07, 6.45) is 2.03. The molecule has 0 bridgehead atoms. The molecule has 0 fully saturated rings. The first-order valence-electron chi connectivity index (χ1n) is 6.72. The zero-order chi connectivity index (χ0) is 15.5. The first-order valence-corrected chi connectivity index (χ1v) is 7.51. The fourth-order valence-corrected chi connectivity index (χ4v) is 3.00. The van der Waals surface area contributed by atoms with Gasteiger partial charge in [0.2, 0.25) is 0 Å². The molecule has 2 rings (SSSR count). The highest BCUT2D eigenvalue weighted by Gasteiger charge is 2.35. The predicted molar refractivity (Wildman–Crippen MR) is 81.5 cm³/mol. The quantitative estimate of drug-likeness (QED) is 0.864. The van der Waals surface area contributed by atoms with Crippen LogP contribution in [0.15, 0.2) is 34.9 Å². The third kappa shape index (κ3) is 3.17. The fourth-order valence-electron chi connectivity index (χ4n) is 2.37. The van der Waals surface area contributed by atoms with Gasteiger partial charge in [-0.2, -0.15) is 5.10 Å². The van der Waals surface area contributed by atoms with Crippen LogP contribution in [-0.2, 0) is 16.9 Å². The molecule has 1 aromatic heterocycles. The molecular formula is C15H18BrFN2O2. The van der Waals surface area contributed by atoms with E-state index in [0.717, 1.165) is 0 Å². The molecule has 1 atom stereocenters.